The summed E-state index contributed by atoms with van der Waals surface area (Å²) in [6.07, 6.45) is 4.91. The molecule has 12 heavy (non-hydrogen) atoms. The van der Waals surface area contributed by atoms with Gasteiger partial charge in [0.2, 0.25) is 0 Å². The van der Waals surface area contributed by atoms with Crippen molar-refractivity contribution in [1.82, 2.24) is 29.8 Å². The first-order valence-electron chi connectivity index (χ1n) is 3.44. The zero-order valence-electron chi connectivity index (χ0n) is 5.97. The van der Waals surface area contributed by atoms with Crippen LogP contribution in [0.3, 0.4) is 0 Å². The largest absolute Gasteiger partial charge is 0.328 e. The van der Waals surface area contributed by atoms with Gasteiger partial charge in [-0.1, -0.05) is 5.21 Å². The van der Waals surface area contributed by atoms with Gasteiger partial charge in [-0.3, -0.25) is 0 Å². The van der Waals surface area contributed by atoms with Gasteiger partial charge in [0, 0.05) is 0 Å². The van der Waals surface area contributed by atoms with Crippen molar-refractivity contribution in [3.8, 4) is 0 Å². The topological polar surface area (TPSA) is 71.8 Å². The molecule has 1 N–H and O–H groups in total. The molecule has 0 radical (unpaired) electrons. The van der Waals surface area contributed by atoms with E-state index in [1.165, 1.54) is 0 Å². The molecule has 0 fully saturated rings. The van der Waals surface area contributed by atoms with E-state index in [9.17, 15) is 0 Å². The molecule has 3 heterocycles. The average Bonchev–Trinajstić information content (AvgIpc) is 2.71. The molecule has 0 atom stereocenters. The minimum Gasteiger partial charge on any atom is -0.328 e. The first-order chi connectivity index (χ1) is 5.95. The second-order valence-electron chi connectivity index (χ2n) is 2.40. The lowest BCUT2D eigenvalue weighted by atomic mass is 10.6. The number of rotatable bonds is 0. The minimum atomic E-state index is 0.646. The van der Waals surface area contributed by atoms with Gasteiger partial charge in [0.25, 0.3) is 0 Å². The van der Waals surface area contributed by atoms with E-state index in [4.69, 9.17) is 0 Å². The number of hydrogen-bond acceptors (Lipinski definition) is 4. The van der Waals surface area contributed by atoms with Gasteiger partial charge in [-0.05, 0) is 0 Å². The Kier molecular flexibility index (Phi) is 0.840. The molecular formula is C6H4N6. The van der Waals surface area contributed by atoms with Crippen molar-refractivity contribution in [2.45, 2.75) is 0 Å². The van der Waals surface area contributed by atoms with E-state index >= 15 is 0 Å². The maximum atomic E-state index is 4.10. The summed E-state index contributed by atoms with van der Waals surface area (Å²) in [5, 5.41) is 7.63. The molecule has 0 bridgehead atoms. The van der Waals surface area contributed by atoms with E-state index in [0.29, 0.717) is 5.65 Å². The van der Waals surface area contributed by atoms with Crippen molar-refractivity contribution in [2.75, 3.05) is 0 Å². The van der Waals surface area contributed by atoms with E-state index in [-0.39, 0.29) is 0 Å². The SMILES string of the molecule is c1nc2ncc3cnnn3c2[nH]1. The van der Waals surface area contributed by atoms with E-state index in [1.54, 1.807) is 23.2 Å². The number of imidazole rings is 1. The molecule has 6 nitrogen and oxygen atoms in total. The predicted molar refractivity (Wildman–Crippen MR) is 40.4 cm³/mol. The van der Waals surface area contributed by atoms with E-state index in [1.807, 2.05) is 0 Å². The molecule has 6 heteroatoms. The van der Waals surface area contributed by atoms with Crippen LogP contribution in [0.1, 0.15) is 0 Å². The quantitative estimate of drug-likeness (QED) is 0.502. The summed E-state index contributed by atoms with van der Waals surface area (Å²) < 4.78 is 1.66. The van der Waals surface area contributed by atoms with Gasteiger partial charge in [0.15, 0.2) is 11.3 Å². The van der Waals surface area contributed by atoms with E-state index in [0.717, 1.165) is 11.2 Å². The van der Waals surface area contributed by atoms with Crippen molar-refractivity contribution < 1.29 is 0 Å². The molecule has 0 aliphatic heterocycles. The summed E-state index contributed by atoms with van der Waals surface area (Å²) >= 11 is 0. The van der Waals surface area contributed by atoms with Crippen molar-refractivity contribution in [1.29, 1.82) is 0 Å². The minimum absolute atomic E-state index is 0.646. The van der Waals surface area contributed by atoms with Gasteiger partial charge < -0.3 is 4.98 Å². The van der Waals surface area contributed by atoms with Crippen LogP contribution in [-0.4, -0.2) is 29.8 Å². The predicted octanol–water partition coefficient (Wildman–Crippen LogP) is 0.000600. The molecule has 58 valence electrons. The van der Waals surface area contributed by atoms with Crippen LogP contribution in [-0.2, 0) is 0 Å². The summed E-state index contributed by atoms with van der Waals surface area (Å²) in [7, 11) is 0. The fourth-order valence-corrected chi connectivity index (χ4v) is 1.16. The third-order valence-electron chi connectivity index (χ3n) is 1.71. The summed E-state index contributed by atoms with van der Waals surface area (Å²) in [5.74, 6) is 0. The first-order valence-corrected chi connectivity index (χ1v) is 3.44. The number of fused-ring (bicyclic) bond motifs is 3. The lowest BCUT2D eigenvalue weighted by molar-refractivity contribution is 0.871. The first kappa shape index (κ1) is 5.64. The molecule has 0 spiro atoms. The normalized spacial score (nSPS) is 11.3. The van der Waals surface area contributed by atoms with Gasteiger partial charge in [-0.2, -0.15) is 4.52 Å². The Morgan fingerprint density at radius 2 is 2.25 bits per heavy atom. The highest BCUT2D eigenvalue weighted by atomic mass is 15.4. The number of nitrogens with one attached hydrogen (secondary N) is 1. The molecule has 0 aliphatic rings. The molecule has 3 rings (SSSR count). The molecule has 0 amide bonds. The Morgan fingerprint density at radius 1 is 1.25 bits per heavy atom. The smallest absolute Gasteiger partial charge is 0.197 e. The van der Waals surface area contributed by atoms with Crippen LogP contribution < -0.4 is 0 Å². The van der Waals surface area contributed by atoms with Crippen molar-refractivity contribution in [3.63, 3.8) is 0 Å². The lowest BCUT2D eigenvalue weighted by Gasteiger charge is -1.90. The average molecular weight is 160 g/mol. The van der Waals surface area contributed by atoms with Gasteiger partial charge in [-0.25, -0.2) is 9.97 Å². The van der Waals surface area contributed by atoms with Crippen LogP contribution in [0.15, 0.2) is 18.7 Å². The molecule has 0 unspecified atom stereocenters. The highest BCUT2D eigenvalue weighted by Crippen LogP contribution is 2.06. The van der Waals surface area contributed by atoms with Crippen LogP contribution in [0.4, 0.5) is 0 Å². The van der Waals surface area contributed by atoms with Crippen LogP contribution in [0.5, 0.6) is 0 Å². The highest BCUT2D eigenvalue weighted by Gasteiger charge is 2.02. The van der Waals surface area contributed by atoms with E-state index < -0.39 is 0 Å². The zero-order chi connectivity index (χ0) is 7.97. The standard InChI is InChI=1S/C6H4N6/c1-4-2-10-11-12(4)6-5(7-1)8-3-9-6/h1-3H,(H,8,9). The second kappa shape index (κ2) is 1.79. The zero-order valence-corrected chi connectivity index (χ0v) is 5.97. The summed E-state index contributed by atoms with van der Waals surface area (Å²) in [6.45, 7) is 0. The summed E-state index contributed by atoms with van der Waals surface area (Å²) in [6, 6.07) is 0. The Bertz CT molecular complexity index is 485. The Morgan fingerprint density at radius 3 is 3.25 bits per heavy atom. The molecule has 0 aromatic carbocycles. The number of hydrogen-bond donors (Lipinski definition) is 1. The Hall–Kier alpha value is -1.98. The van der Waals surface area contributed by atoms with Crippen molar-refractivity contribution in [3.05, 3.63) is 18.7 Å². The number of nitrogens with zero attached hydrogens (tertiary/aromatic N) is 5. The monoisotopic (exact) mass is 160 g/mol. The summed E-state index contributed by atoms with van der Waals surface area (Å²) in [5.41, 5.74) is 2.27. The molecule has 0 saturated heterocycles. The van der Waals surface area contributed by atoms with Gasteiger partial charge in [-0.15, -0.1) is 5.10 Å². The summed E-state index contributed by atoms with van der Waals surface area (Å²) in [4.78, 5) is 11.0. The maximum Gasteiger partial charge on any atom is 0.197 e. The lowest BCUT2D eigenvalue weighted by Crippen LogP contribution is -1.91. The van der Waals surface area contributed by atoms with Crippen molar-refractivity contribution >= 4 is 16.8 Å². The molecule has 0 aliphatic carbocycles. The number of H-pyrrole nitrogens is 1. The van der Waals surface area contributed by atoms with Crippen LogP contribution in [0, 0.1) is 0 Å². The number of aromatic amines is 1. The van der Waals surface area contributed by atoms with Crippen LogP contribution >= 0.6 is 0 Å². The van der Waals surface area contributed by atoms with Gasteiger partial charge in [0.05, 0.1) is 18.7 Å². The molecule has 3 aromatic rings. The fraction of sp³-hybridized carbons (Fsp3) is 0. The third-order valence-corrected chi connectivity index (χ3v) is 1.71. The maximum absolute atomic E-state index is 4.10. The van der Waals surface area contributed by atoms with Gasteiger partial charge in [0.1, 0.15) is 5.52 Å². The fourth-order valence-electron chi connectivity index (χ4n) is 1.16. The highest BCUT2D eigenvalue weighted by molar-refractivity contribution is 5.68. The number of aromatic nitrogens is 6. The molecule has 3 aromatic heterocycles. The van der Waals surface area contributed by atoms with Crippen LogP contribution in [0.25, 0.3) is 16.8 Å². The van der Waals surface area contributed by atoms with Crippen LogP contribution in [0.2, 0.25) is 0 Å². The third kappa shape index (κ3) is 0.541. The Labute approximate surface area is 66.3 Å². The molecule has 0 saturated carbocycles. The van der Waals surface area contributed by atoms with Gasteiger partial charge >= 0.3 is 0 Å². The molecular weight excluding hydrogens is 156 g/mol. The Balaban J connectivity index is 2.71. The van der Waals surface area contributed by atoms with E-state index in [2.05, 4.69) is 25.3 Å². The van der Waals surface area contributed by atoms with Crippen molar-refractivity contribution in [2.24, 2.45) is 0 Å². The second-order valence-corrected chi connectivity index (χ2v) is 2.40.